The van der Waals surface area contributed by atoms with E-state index in [1.807, 2.05) is 22.8 Å². The highest BCUT2D eigenvalue weighted by molar-refractivity contribution is 5.79. The monoisotopic (exact) mass is 330 g/mol. The van der Waals surface area contributed by atoms with Gasteiger partial charge in [0.05, 0.1) is 19.6 Å². The molecule has 1 N–H and O–H groups in total. The minimum atomic E-state index is -0.216. The Labute approximate surface area is 141 Å². The number of carbonyl (C=O) groups excluding carboxylic acids is 1. The van der Waals surface area contributed by atoms with Gasteiger partial charge in [-0.1, -0.05) is 6.92 Å². The van der Waals surface area contributed by atoms with Crippen LogP contribution < -0.4 is 14.8 Å². The quantitative estimate of drug-likeness (QED) is 0.870. The molecule has 1 atom stereocenters. The van der Waals surface area contributed by atoms with Crippen molar-refractivity contribution in [1.82, 2.24) is 20.1 Å². The Morgan fingerprint density at radius 3 is 3.17 bits per heavy atom. The van der Waals surface area contributed by atoms with Gasteiger partial charge in [0.2, 0.25) is 5.91 Å². The van der Waals surface area contributed by atoms with Gasteiger partial charge in [-0.2, -0.15) is 0 Å². The maximum Gasteiger partial charge on any atom is 0.227 e. The van der Waals surface area contributed by atoms with Crippen LogP contribution in [0.4, 0.5) is 0 Å². The molecule has 0 saturated carbocycles. The van der Waals surface area contributed by atoms with Gasteiger partial charge >= 0.3 is 0 Å². The molecule has 1 aromatic carbocycles. The van der Waals surface area contributed by atoms with Crippen LogP contribution >= 0.6 is 0 Å². The van der Waals surface area contributed by atoms with Gasteiger partial charge in [0.25, 0.3) is 0 Å². The Morgan fingerprint density at radius 2 is 2.38 bits per heavy atom. The van der Waals surface area contributed by atoms with Gasteiger partial charge in [0, 0.05) is 6.54 Å². The maximum absolute atomic E-state index is 12.4. The van der Waals surface area contributed by atoms with E-state index in [9.17, 15) is 4.79 Å². The number of hydrogen-bond acceptors (Lipinski definition) is 5. The molecule has 0 bridgehead atoms. The molecule has 1 aliphatic rings. The lowest BCUT2D eigenvalue weighted by molar-refractivity contribution is -0.126. The van der Waals surface area contributed by atoms with Crippen LogP contribution in [0.15, 0.2) is 24.5 Å². The van der Waals surface area contributed by atoms with Gasteiger partial charge in [0.15, 0.2) is 5.82 Å². The van der Waals surface area contributed by atoms with Crippen LogP contribution in [0.1, 0.15) is 24.7 Å². The molecule has 2 heterocycles. The number of aromatic nitrogens is 3. The molecular formula is C17H22N4O3. The average molecular weight is 330 g/mol. The van der Waals surface area contributed by atoms with Gasteiger partial charge in [-0.3, -0.25) is 4.79 Å². The summed E-state index contributed by atoms with van der Waals surface area (Å²) in [6.07, 6.45) is 3.32. The Morgan fingerprint density at radius 1 is 1.50 bits per heavy atom. The summed E-state index contributed by atoms with van der Waals surface area (Å²) in [5.74, 6) is 2.11. The number of amides is 1. The third-order valence-electron chi connectivity index (χ3n) is 4.13. The first-order chi connectivity index (χ1) is 11.7. The topological polar surface area (TPSA) is 78.3 Å². The number of aryl methyl sites for hydroxylation is 1. The number of methoxy groups -OCH3 is 1. The maximum atomic E-state index is 12.4. The van der Waals surface area contributed by atoms with Crippen molar-refractivity contribution in [1.29, 1.82) is 0 Å². The van der Waals surface area contributed by atoms with Crippen molar-refractivity contribution in [2.45, 2.75) is 32.9 Å². The minimum Gasteiger partial charge on any atom is -0.497 e. The number of rotatable bonds is 6. The number of fused-ring (bicyclic) bond motifs is 1. The highest BCUT2D eigenvalue weighted by atomic mass is 16.5. The van der Waals surface area contributed by atoms with Crippen molar-refractivity contribution in [3.05, 3.63) is 35.9 Å². The summed E-state index contributed by atoms with van der Waals surface area (Å²) in [7, 11) is 1.63. The molecule has 1 amide bonds. The molecule has 1 unspecified atom stereocenters. The molecule has 7 heteroatoms. The predicted molar refractivity (Wildman–Crippen MR) is 87.8 cm³/mol. The summed E-state index contributed by atoms with van der Waals surface area (Å²) in [6.45, 7) is 3.69. The van der Waals surface area contributed by atoms with Crippen LogP contribution in [0.3, 0.4) is 0 Å². The first-order valence-electron chi connectivity index (χ1n) is 8.15. The molecule has 24 heavy (non-hydrogen) atoms. The zero-order valence-electron chi connectivity index (χ0n) is 14.0. The number of hydrogen-bond donors (Lipinski definition) is 1. The summed E-state index contributed by atoms with van der Waals surface area (Å²) in [4.78, 5) is 12.4. The first-order valence-corrected chi connectivity index (χ1v) is 8.15. The van der Waals surface area contributed by atoms with Gasteiger partial charge < -0.3 is 19.4 Å². The summed E-state index contributed by atoms with van der Waals surface area (Å²) < 4.78 is 12.9. The Kier molecular flexibility index (Phi) is 4.98. The normalized spacial score (nSPS) is 16.2. The smallest absolute Gasteiger partial charge is 0.227 e. The zero-order valence-corrected chi connectivity index (χ0v) is 14.0. The third-order valence-corrected chi connectivity index (χ3v) is 4.13. The van der Waals surface area contributed by atoms with E-state index in [1.165, 1.54) is 0 Å². The highest BCUT2D eigenvalue weighted by Gasteiger charge is 2.26. The van der Waals surface area contributed by atoms with Crippen molar-refractivity contribution >= 4 is 5.91 Å². The van der Waals surface area contributed by atoms with Crippen LogP contribution in [0.5, 0.6) is 11.5 Å². The summed E-state index contributed by atoms with van der Waals surface area (Å²) in [6, 6.07) is 5.67. The number of ether oxygens (including phenoxy) is 2. The summed E-state index contributed by atoms with van der Waals surface area (Å²) in [5.41, 5.74) is 0.995. The van der Waals surface area contributed by atoms with E-state index < -0.39 is 0 Å². The molecule has 7 nitrogen and oxygen atoms in total. The van der Waals surface area contributed by atoms with E-state index in [4.69, 9.17) is 9.47 Å². The summed E-state index contributed by atoms with van der Waals surface area (Å²) in [5, 5.41) is 10.9. The number of benzene rings is 1. The van der Waals surface area contributed by atoms with Crippen LogP contribution in [0.2, 0.25) is 0 Å². The molecule has 0 spiro atoms. The minimum absolute atomic E-state index is 0.0329. The van der Waals surface area contributed by atoms with Crippen molar-refractivity contribution in [3.63, 3.8) is 0 Å². The molecule has 0 radical (unpaired) electrons. The number of nitrogens with zero attached hydrogens (tertiary/aromatic N) is 3. The van der Waals surface area contributed by atoms with E-state index in [2.05, 4.69) is 22.4 Å². The van der Waals surface area contributed by atoms with Crippen LogP contribution in [-0.2, 0) is 24.3 Å². The second-order valence-corrected chi connectivity index (χ2v) is 5.84. The average Bonchev–Trinajstić information content (AvgIpc) is 3.06. The molecular weight excluding hydrogens is 308 g/mol. The van der Waals surface area contributed by atoms with Crippen molar-refractivity contribution in [2.24, 2.45) is 5.92 Å². The van der Waals surface area contributed by atoms with E-state index in [0.717, 1.165) is 35.9 Å². The molecule has 0 fully saturated rings. The standard InChI is InChI=1S/C17H22N4O3/c1-3-6-21-11-19-20-16(21)9-18-17(22)13-7-12-8-14(23-2)4-5-15(12)24-10-13/h4-5,8,11,13H,3,6-7,9-10H2,1-2H3,(H,18,22). The van der Waals surface area contributed by atoms with Gasteiger partial charge in [-0.25, -0.2) is 0 Å². The molecule has 0 aliphatic carbocycles. The molecule has 0 saturated heterocycles. The van der Waals surface area contributed by atoms with Crippen molar-refractivity contribution < 1.29 is 14.3 Å². The molecule has 1 aromatic heterocycles. The van der Waals surface area contributed by atoms with E-state index in [0.29, 0.717) is 19.6 Å². The lowest BCUT2D eigenvalue weighted by Gasteiger charge is -2.25. The lowest BCUT2D eigenvalue weighted by Crippen LogP contribution is -2.37. The number of nitrogens with one attached hydrogen (secondary N) is 1. The third kappa shape index (κ3) is 3.50. The highest BCUT2D eigenvalue weighted by Crippen LogP contribution is 2.30. The molecule has 1 aliphatic heterocycles. The van der Waals surface area contributed by atoms with Crippen LogP contribution in [0, 0.1) is 5.92 Å². The lowest BCUT2D eigenvalue weighted by atomic mass is 9.96. The first kappa shape index (κ1) is 16.3. The van der Waals surface area contributed by atoms with Crippen LogP contribution in [-0.4, -0.2) is 34.4 Å². The fraction of sp³-hybridized carbons (Fsp3) is 0.471. The van der Waals surface area contributed by atoms with Crippen LogP contribution in [0.25, 0.3) is 0 Å². The Balaban J connectivity index is 1.60. The van der Waals surface area contributed by atoms with Gasteiger partial charge in [0.1, 0.15) is 24.4 Å². The molecule has 3 rings (SSSR count). The zero-order chi connectivity index (χ0) is 16.9. The predicted octanol–water partition coefficient (Wildman–Crippen LogP) is 1.56. The SMILES string of the molecule is CCCn1cnnc1CNC(=O)C1COc2ccc(OC)cc2C1. The second kappa shape index (κ2) is 7.33. The fourth-order valence-corrected chi connectivity index (χ4v) is 2.82. The van der Waals surface area contributed by atoms with E-state index in [-0.39, 0.29) is 11.8 Å². The van der Waals surface area contributed by atoms with E-state index in [1.54, 1.807) is 13.4 Å². The van der Waals surface area contributed by atoms with Gasteiger partial charge in [-0.05, 0) is 36.6 Å². The summed E-state index contributed by atoms with van der Waals surface area (Å²) >= 11 is 0. The molecule has 2 aromatic rings. The largest absolute Gasteiger partial charge is 0.497 e. The van der Waals surface area contributed by atoms with Crippen molar-refractivity contribution in [3.8, 4) is 11.5 Å². The van der Waals surface area contributed by atoms with Gasteiger partial charge in [-0.15, -0.1) is 10.2 Å². The Hall–Kier alpha value is -2.57. The Bertz CT molecular complexity index is 714. The van der Waals surface area contributed by atoms with E-state index >= 15 is 0 Å². The number of carbonyl (C=O) groups is 1. The van der Waals surface area contributed by atoms with Crippen molar-refractivity contribution in [2.75, 3.05) is 13.7 Å². The molecule has 128 valence electrons. The second-order valence-electron chi connectivity index (χ2n) is 5.84. The fourth-order valence-electron chi connectivity index (χ4n) is 2.82.